The molecule has 0 spiro atoms. The number of aromatic nitrogens is 1. The van der Waals surface area contributed by atoms with Gasteiger partial charge < -0.3 is 10.5 Å². The standard InChI is InChI=1S/C15H21N3OS/c1-10-5-12(6-11(2)14(10)19-4)8-18(3)9-13-7-17-15(16)20-13/h5-7H,8-9H2,1-4H3,(H2,16,17). The van der Waals surface area contributed by atoms with Crippen LogP contribution in [0.25, 0.3) is 0 Å². The van der Waals surface area contributed by atoms with E-state index in [0.717, 1.165) is 18.8 Å². The van der Waals surface area contributed by atoms with Crippen LogP contribution in [-0.2, 0) is 13.1 Å². The van der Waals surface area contributed by atoms with Crippen molar-refractivity contribution in [1.82, 2.24) is 9.88 Å². The first-order valence-electron chi connectivity index (χ1n) is 6.52. The second-order valence-electron chi connectivity index (χ2n) is 5.10. The molecule has 0 aliphatic heterocycles. The molecule has 1 aromatic carbocycles. The minimum absolute atomic E-state index is 0.629. The number of nitrogen functional groups attached to an aromatic ring is 1. The third kappa shape index (κ3) is 3.49. The van der Waals surface area contributed by atoms with Crippen LogP contribution in [0.2, 0.25) is 0 Å². The predicted molar refractivity (Wildman–Crippen MR) is 84.2 cm³/mol. The lowest BCUT2D eigenvalue weighted by Gasteiger charge is -2.17. The van der Waals surface area contributed by atoms with Gasteiger partial charge >= 0.3 is 0 Å². The highest BCUT2D eigenvalue weighted by molar-refractivity contribution is 7.15. The van der Waals surface area contributed by atoms with E-state index in [1.165, 1.54) is 21.6 Å². The molecule has 0 saturated carbocycles. The average Bonchev–Trinajstić information content (AvgIpc) is 2.74. The van der Waals surface area contributed by atoms with E-state index in [2.05, 4.69) is 42.9 Å². The van der Waals surface area contributed by atoms with E-state index < -0.39 is 0 Å². The van der Waals surface area contributed by atoms with E-state index in [4.69, 9.17) is 10.5 Å². The predicted octanol–water partition coefficient (Wildman–Crippen LogP) is 2.98. The monoisotopic (exact) mass is 291 g/mol. The zero-order valence-corrected chi connectivity index (χ0v) is 13.3. The molecule has 0 aliphatic carbocycles. The molecule has 5 heteroatoms. The number of thiazole rings is 1. The van der Waals surface area contributed by atoms with E-state index >= 15 is 0 Å². The first-order valence-corrected chi connectivity index (χ1v) is 7.34. The summed E-state index contributed by atoms with van der Waals surface area (Å²) in [6.45, 7) is 5.92. The molecule has 0 amide bonds. The van der Waals surface area contributed by atoms with Crippen LogP contribution in [0.1, 0.15) is 21.6 Å². The fourth-order valence-electron chi connectivity index (χ4n) is 2.48. The molecule has 0 saturated heterocycles. The number of aryl methyl sites for hydroxylation is 2. The Kier molecular flexibility index (Phi) is 4.62. The Labute approximate surface area is 124 Å². The molecule has 2 rings (SSSR count). The van der Waals surface area contributed by atoms with Crippen LogP contribution in [0.3, 0.4) is 0 Å². The fourth-order valence-corrected chi connectivity index (χ4v) is 3.25. The highest BCUT2D eigenvalue weighted by atomic mass is 32.1. The molecule has 0 atom stereocenters. The molecule has 0 bridgehead atoms. The zero-order valence-electron chi connectivity index (χ0n) is 12.4. The maximum atomic E-state index is 5.65. The summed E-state index contributed by atoms with van der Waals surface area (Å²) in [5.74, 6) is 0.978. The Bertz CT molecular complexity index is 572. The lowest BCUT2D eigenvalue weighted by molar-refractivity contribution is 0.321. The second-order valence-corrected chi connectivity index (χ2v) is 6.25. The Hall–Kier alpha value is -1.59. The van der Waals surface area contributed by atoms with Gasteiger partial charge in [0.15, 0.2) is 5.13 Å². The van der Waals surface area contributed by atoms with Gasteiger partial charge in [-0.25, -0.2) is 4.98 Å². The summed E-state index contributed by atoms with van der Waals surface area (Å²) in [6.07, 6.45) is 1.85. The largest absolute Gasteiger partial charge is 0.496 e. The smallest absolute Gasteiger partial charge is 0.180 e. The third-order valence-electron chi connectivity index (χ3n) is 3.17. The van der Waals surface area contributed by atoms with Gasteiger partial charge in [-0.15, -0.1) is 11.3 Å². The Morgan fingerprint density at radius 3 is 2.40 bits per heavy atom. The number of hydrogen-bond acceptors (Lipinski definition) is 5. The maximum Gasteiger partial charge on any atom is 0.180 e. The van der Waals surface area contributed by atoms with Gasteiger partial charge in [0.1, 0.15) is 5.75 Å². The molecule has 0 aliphatic rings. The Morgan fingerprint density at radius 2 is 1.90 bits per heavy atom. The summed E-state index contributed by atoms with van der Waals surface area (Å²) in [6, 6.07) is 4.37. The average molecular weight is 291 g/mol. The van der Waals surface area contributed by atoms with E-state index in [0.29, 0.717) is 5.13 Å². The summed E-state index contributed by atoms with van der Waals surface area (Å²) in [5.41, 5.74) is 9.30. The quantitative estimate of drug-likeness (QED) is 0.920. The lowest BCUT2D eigenvalue weighted by atomic mass is 10.1. The normalized spacial score (nSPS) is 11.1. The molecule has 0 unspecified atom stereocenters. The fraction of sp³-hybridized carbons (Fsp3) is 0.400. The lowest BCUT2D eigenvalue weighted by Crippen LogP contribution is -2.16. The third-order valence-corrected chi connectivity index (χ3v) is 3.99. The van der Waals surface area contributed by atoms with Gasteiger partial charge in [0.05, 0.1) is 7.11 Å². The summed E-state index contributed by atoms with van der Waals surface area (Å²) < 4.78 is 5.40. The van der Waals surface area contributed by atoms with Crippen LogP contribution in [0, 0.1) is 13.8 Å². The summed E-state index contributed by atoms with van der Waals surface area (Å²) in [4.78, 5) is 7.53. The Morgan fingerprint density at radius 1 is 1.25 bits per heavy atom. The van der Waals surface area contributed by atoms with Crippen molar-refractivity contribution in [1.29, 1.82) is 0 Å². The van der Waals surface area contributed by atoms with Crippen molar-refractivity contribution >= 4 is 16.5 Å². The summed E-state index contributed by atoms with van der Waals surface area (Å²) in [5, 5.41) is 0.629. The molecule has 1 heterocycles. The van der Waals surface area contributed by atoms with Crippen LogP contribution >= 0.6 is 11.3 Å². The maximum absolute atomic E-state index is 5.65. The van der Waals surface area contributed by atoms with Crippen LogP contribution < -0.4 is 10.5 Å². The SMILES string of the molecule is COc1c(C)cc(CN(C)Cc2cnc(N)s2)cc1C. The topological polar surface area (TPSA) is 51.4 Å². The molecule has 2 N–H and O–H groups in total. The minimum atomic E-state index is 0.629. The number of nitrogens with zero attached hydrogens (tertiary/aromatic N) is 2. The van der Waals surface area contributed by atoms with Crippen molar-refractivity contribution in [2.75, 3.05) is 19.9 Å². The van der Waals surface area contributed by atoms with Crippen molar-refractivity contribution in [3.63, 3.8) is 0 Å². The van der Waals surface area contributed by atoms with E-state index in [1.54, 1.807) is 18.4 Å². The zero-order chi connectivity index (χ0) is 14.7. The number of methoxy groups -OCH3 is 1. The number of benzene rings is 1. The van der Waals surface area contributed by atoms with Crippen molar-refractivity contribution < 1.29 is 4.74 Å². The first-order chi connectivity index (χ1) is 9.49. The van der Waals surface area contributed by atoms with Gasteiger partial charge in [0.2, 0.25) is 0 Å². The second kappa shape index (κ2) is 6.24. The molecule has 20 heavy (non-hydrogen) atoms. The summed E-state index contributed by atoms with van der Waals surface area (Å²) >= 11 is 1.54. The number of nitrogens with two attached hydrogens (primary N) is 1. The van der Waals surface area contributed by atoms with E-state index in [9.17, 15) is 0 Å². The molecular formula is C15H21N3OS. The number of ether oxygens (including phenoxy) is 1. The van der Waals surface area contributed by atoms with Gasteiger partial charge in [0.25, 0.3) is 0 Å². The molecule has 1 aromatic heterocycles. The molecular weight excluding hydrogens is 270 g/mol. The number of rotatable bonds is 5. The van der Waals surface area contributed by atoms with Gasteiger partial charge in [-0.3, -0.25) is 4.90 Å². The number of anilines is 1. The molecule has 2 aromatic rings. The van der Waals surface area contributed by atoms with Gasteiger partial charge in [-0.1, -0.05) is 12.1 Å². The van der Waals surface area contributed by atoms with Crippen molar-refractivity contribution in [3.05, 3.63) is 39.9 Å². The van der Waals surface area contributed by atoms with Crippen LogP contribution in [0.15, 0.2) is 18.3 Å². The van der Waals surface area contributed by atoms with E-state index in [1.807, 2.05) is 6.20 Å². The summed E-state index contributed by atoms with van der Waals surface area (Å²) in [7, 11) is 3.82. The molecule has 0 fully saturated rings. The number of hydrogen-bond donors (Lipinski definition) is 1. The van der Waals surface area contributed by atoms with Crippen LogP contribution in [0.5, 0.6) is 5.75 Å². The van der Waals surface area contributed by atoms with Crippen molar-refractivity contribution in [3.8, 4) is 5.75 Å². The Balaban J connectivity index is 2.06. The highest BCUT2D eigenvalue weighted by Crippen LogP contribution is 2.25. The van der Waals surface area contributed by atoms with E-state index in [-0.39, 0.29) is 0 Å². The van der Waals surface area contributed by atoms with Crippen molar-refractivity contribution in [2.24, 2.45) is 0 Å². The van der Waals surface area contributed by atoms with Gasteiger partial charge in [0, 0.05) is 24.2 Å². The first kappa shape index (κ1) is 14.8. The molecule has 108 valence electrons. The van der Waals surface area contributed by atoms with Crippen LogP contribution in [0.4, 0.5) is 5.13 Å². The molecule has 4 nitrogen and oxygen atoms in total. The van der Waals surface area contributed by atoms with Gasteiger partial charge in [-0.2, -0.15) is 0 Å². The van der Waals surface area contributed by atoms with Crippen molar-refractivity contribution in [2.45, 2.75) is 26.9 Å². The minimum Gasteiger partial charge on any atom is -0.496 e. The molecule has 0 radical (unpaired) electrons. The van der Waals surface area contributed by atoms with Crippen LogP contribution in [-0.4, -0.2) is 24.0 Å². The highest BCUT2D eigenvalue weighted by Gasteiger charge is 2.08. The van der Waals surface area contributed by atoms with Gasteiger partial charge in [-0.05, 0) is 37.6 Å².